The number of aromatic hydroxyl groups is 1. The van der Waals surface area contributed by atoms with Crippen LogP contribution in [0.5, 0.6) is 11.5 Å². The van der Waals surface area contributed by atoms with Crippen molar-refractivity contribution in [1.29, 1.82) is 0 Å². The minimum atomic E-state index is -0.334. The first-order valence-electron chi connectivity index (χ1n) is 7.43. The van der Waals surface area contributed by atoms with Gasteiger partial charge in [-0.25, -0.2) is 5.43 Å². The summed E-state index contributed by atoms with van der Waals surface area (Å²) in [5, 5.41) is 13.8. The molecular formula is C18H22ClN3O3. The lowest BCUT2D eigenvalue weighted by molar-refractivity contribution is 0.0955. The lowest BCUT2D eigenvalue weighted by atomic mass is 10.1. The Labute approximate surface area is 153 Å². The first kappa shape index (κ1) is 20.5. The van der Waals surface area contributed by atoms with Crippen molar-refractivity contribution in [3.8, 4) is 11.5 Å². The van der Waals surface area contributed by atoms with Crippen LogP contribution in [0.3, 0.4) is 0 Å². The van der Waals surface area contributed by atoms with Gasteiger partial charge in [0.15, 0.2) is 0 Å². The maximum atomic E-state index is 12.1. The number of hydrogen-bond acceptors (Lipinski definition) is 5. The van der Waals surface area contributed by atoms with Gasteiger partial charge in [0.25, 0.3) is 5.91 Å². The molecule has 0 fully saturated rings. The van der Waals surface area contributed by atoms with E-state index in [0.29, 0.717) is 17.7 Å². The monoisotopic (exact) mass is 363 g/mol. The predicted molar refractivity (Wildman–Crippen MR) is 101 cm³/mol. The highest BCUT2D eigenvalue weighted by Gasteiger charge is 2.09. The second kappa shape index (κ2) is 9.66. The van der Waals surface area contributed by atoms with Gasteiger partial charge in [0, 0.05) is 17.7 Å². The summed E-state index contributed by atoms with van der Waals surface area (Å²) in [5.41, 5.74) is 4.45. The second-order valence-corrected chi connectivity index (χ2v) is 5.55. The third-order valence-corrected chi connectivity index (χ3v) is 3.32. The van der Waals surface area contributed by atoms with Gasteiger partial charge in [-0.1, -0.05) is 0 Å². The second-order valence-electron chi connectivity index (χ2n) is 5.55. The normalized spacial score (nSPS) is 10.6. The van der Waals surface area contributed by atoms with E-state index in [4.69, 9.17) is 4.74 Å². The third kappa shape index (κ3) is 6.10. The SMILES string of the molecule is COc1ccc(C=NNC(=O)c2ccc(O)c(CN(C)C)c2)cc1.Cl. The maximum absolute atomic E-state index is 12.1. The van der Waals surface area contributed by atoms with Crippen molar-refractivity contribution in [1.82, 2.24) is 10.3 Å². The molecule has 7 heteroatoms. The van der Waals surface area contributed by atoms with Crippen LogP contribution in [0, 0.1) is 0 Å². The molecule has 0 aliphatic heterocycles. The Morgan fingerprint density at radius 2 is 1.92 bits per heavy atom. The van der Waals surface area contributed by atoms with Gasteiger partial charge in [0.1, 0.15) is 11.5 Å². The summed E-state index contributed by atoms with van der Waals surface area (Å²) >= 11 is 0. The molecule has 0 aromatic heterocycles. The first-order chi connectivity index (χ1) is 11.5. The summed E-state index contributed by atoms with van der Waals surface area (Å²) in [6.45, 7) is 0.544. The lowest BCUT2D eigenvalue weighted by Gasteiger charge is -2.12. The largest absolute Gasteiger partial charge is 0.508 e. The molecule has 2 N–H and O–H groups in total. The van der Waals surface area contributed by atoms with E-state index in [1.807, 2.05) is 43.3 Å². The average Bonchev–Trinajstić information content (AvgIpc) is 2.57. The van der Waals surface area contributed by atoms with Crippen molar-refractivity contribution in [3.05, 3.63) is 59.2 Å². The summed E-state index contributed by atoms with van der Waals surface area (Å²) in [6.07, 6.45) is 1.55. The third-order valence-electron chi connectivity index (χ3n) is 3.32. The van der Waals surface area contributed by atoms with E-state index in [2.05, 4.69) is 10.5 Å². The zero-order valence-corrected chi connectivity index (χ0v) is 15.2. The molecule has 0 radical (unpaired) electrons. The average molecular weight is 364 g/mol. The number of hydrazone groups is 1. The number of ether oxygens (including phenoxy) is 1. The number of hydrogen-bond donors (Lipinski definition) is 2. The van der Waals surface area contributed by atoms with Gasteiger partial charge in [-0.15, -0.1) is 12.4 Å². The number of carbonyl (C=O) groups excluding carboxylic acids is 1. The van der Waals surface area contributed by atoms with E-state index in [-0.39, 0.29) is 24.1 Å². The number of methoxy groups -OCH3 is 1. The molecule has 1 amide bonds. The molecule has 0 heterocycles. The molecule has 0 unspecified atom stereocenters. The number of amides is 1. The molecule has 0 saturated carbocycles. The zero-order valence-electron chi connectivity index (χ0n) is 14.4. The van der Waals surface area contributed by atoms with Crippen LogP contribution in [0.2, 0.25) is 0 Å². The van der Waals surface area contributed by atoms with Gasteiger partial charge < -0.3 is 14.7 Å². The molecule has 0 bridgehead atoms. The van der Waals surface area contributed by atoms with Gasteiger partial charge in [-0.3, -0.25) is 4.79 Å². The quantitative estimate of drug-likeness (QED) is 0.611. The van der Waals surface area contributed by atoms with E-state index in [9.17, 15) is 9.90 Å². The van der Waals surface area contributed by atoms with Crippen molar-refractivity contribution >= 4 is 24.5 Å². The highest BCUT2D eigenvalue weighted by atomic mass is 35.5. The van der Waals surface area contributed by atoms with Gasteiger partial charge in [-0.05, 0) is 62.1 Å². The van der Waals surface area contributed by atoms with Crippen molar-refractivity contribution in [3.63, 3.8) is 0 Å². The summed E-state index contributed by atoms with van der Waals surface area (Å²) in [5.74, 6) is 0.593. The molecule has 25 heavy (non-hydrogen) atoms. The molecule has 0 aliphatic rings. The number of phenolic OH excluding ortho intramolecular Hbond substituents is 1. The van der Waals surface area contributed by atoms with Crippen molar-refractivity contribution in [2.24, 2.45) is 5.10 Å². The number of halogens is 1. The smallest absolute Gasteiger partial charge is 0.271 e. The Bertz CT molecular complexity index is 731. The Morgan fingerprint density at radius 3 is 2.52 bits per heavy atom. The Hall–Kier alpha value is -2.57. The first-order valence-corrected chi connectivity index (χ1v) is 7.43. The van der Waals surface area contributed by atoms with Crippen LogP contribution in [0.4, 0.5) is 0 Å². The van der Waals surface area contributed by atoms with E-state index in [1.165, 1.54) is 6.07 Å². The Morgan fingerprint density at radius 1 is 1.24 bits per heavy atom. The van der Waals surface area contributed by atoms with Gasteiger partial charge in [0.05, 0.1) is 13.3 Å². The highest BCUT2D eigenvalue weighted by molar-refractivity contribution is 5.95. The predicted octanol–water partition coefficient (Wildman–Crippen LogP) is 2.65. The molecular weight excluding hydrogens is 342 g/mol. The van der Waals surface area contributed by atoms with E-state index in [1.54, 1.807) is 25.5 Å². The number of carbonyl (C=O) groups is 1. The molecule has 0 aliphatic carbocycles. The number of phenols is 1. The molecule has 2 rings (SSSR count). The van der Waals surface area contributed by atoms with Crippen LogP contribution in [-0.2, 0) is 6.54 Å². The van der Waals surface area contributed by atoms with Gasteiger partial charge in [0.2, 0.25) is 0 Å². The molecule has 0 saturated heterocycles. The van der Waals surface area contributed by atoms with Crippen molar-refractivity contribution in [2.45, 2.75) is 6.54 Å². The summed E-state index contributed by atoms with van der Waals surface area (Å²) in [6, 6.07) is 12.0. The van der Waals surface area contributed by atoms with Crippen LogP contribution in [0.1, 0.15) is 21.5 Å². The minimum absolute atomic E-state index is 0. The topological polar surface area (TPSA) is 74.2 Å². The molecule has 0 atom stereocenters. The number of benzene rings is 2. The molecule has 134 valence electrons. The fraction of sp³-hybridized carbons (Fsp3) is 0.222. The highest BCUT2D eigenvalue weighted by Crippen LogP contribution is 2.19. The number of rotatable bonds is 6. The van der Waals surface area contributed by atoms with Crippen LogP contribution in [0.15, 0.2) is 47.6 Å². The standard InChI is InChI=1S/C18H21N3O3.ClH/c1-21(2)12-15-10-14(6-9-17(15)22)18(23)20-19-11-13-4-7-16(24-3)8-5-13;/h4-11,22H,12H2,1-3H3,(H,20,23);1H. The van der Waals surface area contributed by atoms with Crippen molar-refractivity contribution in [2.75, 3.05) is 21.2 Å². The van der Waals surface area contributed by atoms with Crippen LogP contribution >= 0.6 is 12.4 Å². The minimum Gasteiger partial charge on any atom is -0.508 e. The molecule has 2 aromatic rings. The Balaban J connectivity index is 0.00000312. The van der Waals surface area contributed by atoms with E-state index in [0.717, 1.165) is 11.3 Å². The van der Waals surface area contributed by atoms with Crippen LogP contribution < -0.4 is 10.2 Å². The van der Waals surface area contributed by atoms with Crippen molar-refractivity contribution < 1.29 is 14.6 Å². The fourth-order valence-corrected chi connectivity index (χ4v) is 2.11. The Kier molecular flexibility index (Phi) is 7.91. The number of nitrogens with one attached hydrogen (secondary N) is 1. The molecule has 2 aromatic carbocycles. The van der Waals surface area contributed by atoms with E-state index >= 15 is 0 Å². The fourth-order valence-electron chi connectivity index (χ4n) is 2.11. The summed E-state index contributed by atoms with van der Waals surface area (Å²) < 4.78 is 5.08. The summed E-state index contributed by atoms with van der Waals surface area (Å²) in [7, 11) is 5.39. The molecule has 6 nitrogen and oxygen atoms in total. The lowest BCUT2D eigenvalue weighted by Crippen LogP contribution is -2.18. The number of nitrogens with zero attached hydrogens (tertiary/aromatic N) is 2. The van der Waals surface area contributed by atoms with Crippen LogP contribution in [-0.4, -0.2) is 43.3 Å². The van der Waals surface area contributed by atoms with Gasteiger partial charge >= 0.3 is 0 Å². The van der Waals surface area contributed by atoms with E-state index < -0.39 is 0 Å². The maximum Gasteiger partial charge on any atom is 0.271 e. The van der Waals surface area contributed by atoms with Crippen LogP contribution in [0.25, 0.3) is 0 Å². The summed E-state index contributed by atoms with van der Waals surface area (Å²) in [4.78, 5) is 14.1. The molecule has 0 spiro atoms. The van der Waals surface area contributed by atoms with Gasteiger partial charge in [-0.2, -0.15) is 5.10 Å². The zero-order chi connectivity index (χ0) is 17.5.